The van der Waals surface area contributed by atoms with Crippen molar-refractivity contribution in [2.24, 2.45) is 26.9 Å². The molecule has 4 amide bonds. The summed E-state index contributed by atoms with van der Waals surface area (Å²) in [6.45, 7) is 4.90. The highest BCUT2D eigenvalue weighted by Gasteiger charge is 2.44. The summed E-state index contributed by atoms with van der Waals surface area (Å²) in [5.74, 6) is -4.38. The molecule has 0 saturated carbocycles. The number of alkyl halides is 3. The van der Waals surface area contributed by atoms with Crippen molar-refractivity contribution in [1.82, 2.24) is 19.0 Å². The van der Waals surface area contributed by atoms with Crippen LogP contribution in [-0.2, 0) is 35.5 Å². The van der Waals surface area contributed by atoms with Gasteiger partial charge in [0.25, 0.3) is 17.7 Å². The summed E-state index contributed by atoms with van der Waals surface area (Å²) in [4.78, 5) is 66.8. The average molecular weight is 639 g/mol. The molecular formula is C27H33F3N8O7. The van der Waals surface area contributed by atoms with Crippen molar-refractivity contribution in [2.45, 2.75) is 32.5 Å². The lowest BCUT2D eigenvalue weighted by molar-refractivity contribution is -0.200. The van der Waals surface area contributed by atoms with Crippen molar-refractivity contribution in [3.05, 3.63) is 53.9 Å². The van der Waals surface area contributed by atoms with Crippen molar-refractivity contribution in [3.63, 3.8) is 0 Å². The van der Waals surface area contributed by atoms with Gasteiger partial charge in [-0.3, -0.25) is 14.4 Å². The number of nitrogens with one attached hydrogen (secondary N) is 3. The monoisotopic (exact) mass is 638 g/mol. The maximum atomic E-state index is 13.1. The first-order valence-corrected chi connectivity index (χ1v) is 13.2. The normalized spacial score (nSPS) is 11.5. The van der Waals surface area contributed by atoms with Crippen LogP contribution in [0, 0.1) is 0 Å². The van der Waals surface area contributed by atoms with Crippen LogP contribution in [0.1, 0.15) is 52.2 Å². The zero-order valence-electron chi connectivity index (χ0n) is 25.2. The number of carbonyl (C=O) groups excluding carboxylic acids is 5. The first kappa shape index (κ1) is 34.2. The van der Waals surface area contributed by atoms with E-state index in [0.717, 1.165) is 12.3 Å². The van der Waals surface area contributed by atoms with Crippen LogP contribution >= 0.6 is 0 Å². The number of hydrogen-bond donors (Lipinski definition) is 4. The van der Waals surface area contributed by atoms with Crippen molar-refractivity contribution < 1.29 is 46.7 Å². The van der Waals surface area contributed by atoms with E-state index in [1.54, 1.807) is 20.3 Å². The van der Waals surface area contributed by atoms with Gasteiger partial charge in [-0.25, -0.2) is 9.59 Å². The molecule has 0 spiro atoms. The molecule has 3 heterocycles. The Kier molecular flexibility index (Phi) is 10.0. The molecule has 0 fully saturated rings. The predicted octanol–water partition coefficient (Wildman–Crippen LogP) is 2.66. The molecule has 3 aromatic heterocycles. The first-order valence-electron chi connectivity index (χ1n) is 13.2. The molecule has 0 aromatic carbocycles. The molecule has 244 valence electrons. The SMILES string of the molecule is Cn1cc(NC(=O)c2cc(NC(=O)c3cc(N(OC(=O)C(F)(F)F)C(=O)OC(C)(C)C)cn3C)cn2C)cc1C(=O)NCCN. The quantitative estimate of drug-likeness (QED) is 0.272. The van der Waals surface area contributed by atoms with E-state index >= 15 is 0 Å². The van der Waals surface area contributed by atoms with Crippen LogP contribution in [0.4, 0.5) is 35.0 Å². The lowest BCUT2D eigenvalue weighted by Crippen LogP contribution is -2.41. The van der Waals surface area contributed by atoms with Gasteiger partial charge in [-0.05, 0) is 39.0 Å². The molecule has 3 aromatic rings. The van der Waals surface area contributed by atoms with Crippen molar-refractivity contribution in [3.8, 4) is 0 Å². The summed E-state index contributed by atoms with van der Waals surface area (Å²) < 4.78 is 47.9. The van der Waals surface area contributed by atoms with E-state index < -0.39 is 41.3 Å². The number of ether oxygens (including phenoxy) is 1. The van der Waals surface area contributed by atoms with Crippen LogP contribution < -0.4 is 26.7 Å². The zero-order chi connectivity index (χ0) is 33.9. The van der Waals surface area contributed by atoms with Gasteiger partial charge in [-0.2, -0.15) is 13.2 Å². The number of aryl methyl sites for hydroxylation is 3. The second-order valence-corrected chi connectivity index (χ2v) is 10.7. The molecule has 0 aliphatic rings. The highest BCUT2D eigenvalue weighted by molar-refractivity contribution is 6.07. The zero-order valence-corrected chi connectivity index (χ0v) is 25.2. The highest BCUT2D eigenvalue weighted by Crippen LogP contribution is 2.26. The molecule has 0 atom stereocenters. The molecule has 0 aliphatic heterocycles. The molecule has 0 saturated heterocycles. The summed E-state index contributed by atoms with van der Waals surface area (Å²) in [6, 6.07) is 3.86. The summed E-state index contributed by atoms with van der Waals surface area (Å²) in [6.07, 6.45) is -2.80. The second kappa shape index (κ2) is 13.2. The van der Waals surface area contributed by atoms with Crippen LogP contribution in [0.25, 0.3) is 0 Å². The summed E-state index contributed by atoms with van der Waals surface area (Å²) >= 11 is 0. The number of halogens is 3. The van der Waals surface area contributed by atoms with Crippen molar-refractivity contribution >= 4 is 46.8 Å². The van der Waals surface area contributed by atoms with Gasteiger partial charge in [0.15, 0.2) is 0 Å². The van der Waals surface area contributed by atoms with E-state index in [0.29, 0.717) is 11.4 Å². The van der Waals surface area contributed by atoms with Gasteiger partial charge in [0.05, 0.1) is 11.4 Å². The lowest BCUT2D eigenvalue weighted by Gasteiger charge is -2.25. The summed E-state index contributed by atoms with van der Waals surface area (Å²) in [7, 11) is 4.55. The third kappa shape index (κ3) is 8.65. The smallest absolute Gasteiger partial charge is 0.441 e. The summed E-state index contributed by atoms with van der Waals surface area (Å²) in [5.41, 5.74) is 4.63. The van der Waals surface area contributed by atoms with Crippen LogP contribution in [0.5, 0.6) is 0 Å². The van der Waals surface area contributed by atoms with E-state index in [9.17, 15) is 37.1 Å². The Labute approximate surface area is 255 Å². The minimum absolute atomic E-state index is 0.000337. The number of nitrogens with two attached hydrogens (primary N) is 1. The Morgan fingerprint density at radius 2 is 1.27 bits per heavy atom. The van der Waals surface area contributed by atoms with Gasteiger partial charge < -0.3 is 45.0 Å². The van der Waals surface area contributed by atoms with Gasteiger partial charge in [0.2, 0.25) is 0 Å². The number of amides is 4. The molecule has 5 N–H and O–H groups in total. The largest absolute Gasteiger partial charge is 0.493 e. The minimum atomic E-state index is -5.42. The van der Waals surface area contributed by atoms with E-state index in [-0.39, 0.29) is 41.1 Å². The molecule has 3 rings (SSSR count). The van der Waals surface area contributed by atoms with E-state index in [2.05, 4.69) is 20.8 Å². The van der Waals surface area contributed by atoms with Gasteiger partial charge in [0, 0.05) is 52.8 Å². The average Bonchev–Trinajstić information content (AvgIpc) is 3.59. The predicted molar refractivity (Wildman–Crippen MR) is 154 cm³/mol. The fraction of sp³-hybridized carbons (Fsp3) is 0.370. The second-order valence-electron chi connectivity index (χ2n) is 10.7. The number of carbonyl (C=O) groups is 5. The number of hydroxylamine groups is 1. The maximum Gasteiger partial charge on any atom is 0.493 e. The number of nitrogens with zero attached hydrogens (tertiary/aromatic N) is 4. The van der Waals surface area contributed by atoms with Crippen molar-refractivity contribution in [1.29, 1.82) is 0 Å². The van der Waals surface area contributed by atoms with E-state index in [1.165, 1.54) is 59.8 Å². The number of hydrogen-bond acceptors (Lipinski definition) is 8. The van der Waals surface area contributed by atoms with Crippen LogP contribution in [0.2, 0.25) is 0 Å². The van der Waals surface area contributed by atoms with Gasteiger partial charge in [-0.1, -0.05) is 0 Å². The van der Waals surface area contributed by atoms with E-state index in [1.807, 2.05) is 0 Å². The Bertz CT molecular complexity index is 1610. The third-order valence-electron chi connectivity index (χ3n) is 5.84. The molecule has 0 aliphatic carbocycles. The van der Waals surface area contributed by atoms with Crippen LogP contribution in [-0.4, -0.2) is 68.4 Å². The lowest BCUT2D eigenvalue weighted by atomic mass is 10.2. The fourth-order valence-electron chi connectivity index (χ4n) is 3.90. The molecule has 0 radical (unpaired) electrons. The molecule has 45 heavy (non-hydrogen) atoms. The molecule has 18 heteroatoms. The standard InChI is InChI=1S/C27H33F3N8O7/c1-26(2,3)44-25(43)38(45-24(42)27(28,29)30)17-11-20(37(6)14-17)23(41)34-16-10-19(36(5)13-16)22(40)33-15-9-18(35(4)12-15)21(39)32-8-7-31/h9-14H,7-8,31H2,1-6H3,(H,32,39)(H,33,40)(H,34,41). The van der Waals surface area contributed by atoms with Crippen LogP contribution in [0.15, 0.2) is 36.8 Å². The third-order valence-corrected chi connectivity index (χ3v) is 5.84. The molecular weight excluding hydrogens is 605 g/mol. The number of anilines is 3. The van der Waals surface area contributed by atoms with Gasteiger partial charge in [0.1, 0.15) is 28.4 Å². The first-order chi connectivity index (χ1) is 20.8. The fourth-order valence-corrected chi connectivity index (χ4v) is 3.90. The summed E-state index contributed by atoms with van der Waals surface area (Å²) in [5, 5.41) is 7.87. The Morgan fingerprint density at radius 3 is 1.73 bits per heavy atom. The highest BCUT2D eigenvalue weighted by atomic mass is 19.4. The molecule has 15 nitrogen and oxygen atoms in total. The van der Waals surface area contributed by atoms with E-state index in [4.69, 9.17) is 10.5 Å². The van der Waals surface area contributed by atoms with Crippen LogP contribution in [0.3, 0.4) is 0 Å². The Balaban J connectivity index is 1.78. The van der Waals surface area contributed by atoms with Crippen molar-refractivity contribution in [2.75, 3.05) is 28.8 Å². The van der Waals surface area contributed by atoms with Gasteiger partial charge in [-0.15, -0.1) is 5.06 Å². The minimum Gasteiger partial charge on any atom is -0.441 e. The number of rotatable bonds is 8. The molecule has 0 unspecified atom stereocenters. The topological polar surface area (TPSA) is 184 Å². The number of aromatic nitrogens is 3. The van der Waals surface area contributed by atoms with Gasteiger partial charge >= 0.3 is 18.2 Å². The molecule has 0 bridgehead atoms. The maximum absolute atomic E-state index is 13.1. The Morgan fingerprint density at radius 1 is 0.800 bits per heavy atom. The Hall–Kier alpha value is -5.26.